The third-order valence-electron chi connectivity index (χ3n) is 6.57. The van der Waals surface area contributed by atoms with Crippen molar-refractivity contribution in [2.45, 2.75) is 77.2 Å². The van der Waals surface area contributed by atoms with Gasteiger partial charge in [-0.1, -0.05) is 19.3 Å². The molecule has 0 unspecified atom stereocenters. The highest BCUT2D eigenvalue weighted by atomic mass is 16.2. The standard InChI is InChI=1S/C19H29N3O/c1-12(16-11-13-8-9-14(16)10-13)20-19(23)18-15-6-4-2-3-5-7-17(15)21-22-18/h12-14,16H,2-11H2,1H3,(H,20,23)(H,21,22)/t12-,13+,14+,16+/m1/s1. The maximum atomic E-state index is 12.8. The number of aryl methyl sites for hydroxylation is 1. The fourth-order valence-corrected chi connectivity index (χ4v) is 5.31. The average Bonchev–Trinajstić information content (AvgIpc) is 3.22. The number of aromatic nitrogens is 2. The van der Waals surface area contributed by atoms with Crippen molar-refractivity contribution in [1.82, 2.24) is 15.5 Å². The van der Waals surface area contributed by atoms with Gasteiger partial charge in [0.25, 0.3) is 5.91 Å². The van der Waals surface area contributed by atoms with Crippen LogP contribution in [-0.2, 0) is 12.8 Å². The monoisotopic (exact) mass is 315 g/mol. The van der Waals surface area contributed by atoms with Gasteiger partial charge in [0, 0.05) is 17.3 Å². The van der Waals surface area contributed by atoms with Crippen molar-refractivity contribution in [2.24, 2.45) is 17.8 Å². The minimum absolute atomic E-state index is 0.0401. The summed E-state index contributed by atoms with van der Waals surface area (Å²) < 4.78 is 0. The van der Waals surface area contributed by atoms with Gasteiger partial charge in [-0.25, -0.2) is 0 Å². The van der Waals surface area contributed by atoms with Crippen LogP contribution in [0.2, 0.25) is 0 Å². The lowest BCUT2D eigenvalue weighted by molar-refractivity contribution is 0.0909. The molecule has 4 rings (SSSR count). The third kappa shape index (κ3) is 2.92. The SMILES string of the molecule is C[C@@H](NC(=O)c1n[nH]c2c1CCCCCC2)[C@@H]1C[C@H]2CC[C@H]1C2. The molecule has 0 spiro atoms. The summed E-state index contributed by atoms with van der Waals surface area (Å²) in [7, 11) is 0. The number of fused-ring (bicyclic) bond motifs is 3. The van der Waals surface area contributed by atoms with E-state index in [0.717, 1.165) is 24.7 Å². The van der Waals surface area contributed by atoms with Gasteiger partial charge in [-0.3, -0.25) is 9.89 Å². The number of nitrogens with one attached hydrogen (secondary N) is 2. The Bertz CT molecular complexity index is 579. The molecule has 2 fully saturated rings. The fourth-order valence-electron chi connectivity index (χ4n) is 5.31. The number of aromatic amines is 1. The van der Waals surface area contributed by atoms with Crippen LogP contribution < -0.4 is 5.32 Å². The van der Waals surface area contributed by atoms with Crippen molar-refractivity contribution in [3.8, 4) is 0 Å². The van der Waals surface area contributed by atoms with E-state index >= 15 is 0 Å². The summed E-state index contributed by atoms with van der Waals surface area (Å²) in [6.07, 6.45) is 12.5. The largest absolute Gasteiger partial charge is 0.348 e. The van der Waals surface area contributed by atoms with Gasteiger partial charge in [0.05, 0.1) is 0 Å². The van der Waals surface area contributed by atoms with Crippen LogP contribution in [0.5, 0.6) is 0 Å². The van der Waals surface area contributed by atoms with Gasteiger partial charge in [-0.2, -0.15) is 5.10 Å². The first-order valence-electron chi connectivity index (χ1n) is 9.59. The van der Waals surface area contributed by atoms with Gasteiger partial charge in [0.1, 0.15) is 0 Å². The van der Waals surface area contributed by atoms with E-state index in [0.29, 0.717) is 11.6 Å². The maximum Gasteiger partial charge on any atom is 0.272 e. The number of rotatable bonds is 3. The molecule has 0 aromatic carbocycles. The van der Waals surface area contributed by atoms with E-state index in [4.69, 9.17) is 0 Å². The Labute approximate surface area is 138 Å². The average molecular weight is 315 g/mol. The summed E-state index contributed by atoms with van der Waals surface area (Å²) in [6.45, 7) is 2.19. The predicted octanol–water partition coefficient (Wildman–Crippen LogP) is 3.62. The zero-order chi connectivity index (χ0) is 15.8. The smallest absolute Gasteiger partial charge is 0.272 e. The Morgan fingerprint density at radius 2 is 2.00 bits per heavy atom. The molecule has 3 aliphatic carbocycles. The molecule has 4 atom stereocenters. The summed E-state index contributed by atoms with van der Waals surface area (Å²) in [4.78, 5) is 12.8. The quantitative estimate of drug-likeness (QED) is 0.895. The zero-order valence-electron chi connectivity index (χ0n) is 14.2. The second-order valence-electron chi connectivity index (χ2n) is 8.04. The summed E-state index contributed by atoms with van der Waals surface area (Å²) in [5.74, 6) is 2.49. The summed E-state index contributed by atoms with van der Waals surface area (Å²) in [5.41, 5.74) is 3.04. The lowest BCUT2D eigenvalue weighted by Gasteiger charge is -2.28. The van der Waals surface area contributed by atoms with E-state index < -0.39 is 0 Å². The molecular weight excluding hydrogens is 286 g/mol. The van der Waals surface area contributed by atoms with E-state index in [9.17, 15) is 4.79 Å². The molecule has 2 saturated carbocycles. The number of hydrogen-bond donors (Lipinski definition) is 2. The van der Waals surface area contributed by atoms with Gasteiger partial charge < -0.3 is 5.32 Å². The number of carbonyl (C=O) groups excluding carboxylic acids is 1. The molecule has 1 heterocycles. The van der Waals surface area contributed by atoms with Crippen molar-refractivity contribution in [3.63, 3.8) is 0 Å². The number of hydrogen-bond acceptors (Lipinski definition) is 2. The molecule has 2 bridgehead atoms. The first-order chi connectivity index (χ1) is 11.2. The van der Waals surface area contributed by atoms with Crippen LogP contribution >= 0.6 is 0 Å². The number of amides is 1. The summed E-state index contributed by atoms with van der Waals surface area (Å²) >= 11 is 0. The Balaban J connectivity index is 1.44. The van der Waals surface area contributed by atoms with E-state index in [-0.39, 0.29) is 11.9 Å². The maximum absolute atomic E-state index is 12.8. The molecule has 4 heteroatoms. The Kier molecular flexibility index (Phi) is 4.16. The van der Waals surface area contributed by atoms with Crippen molar-refractivity contribution in [1.29, 1.82) is 0 Å². The first-order valence-corrected chi connectivity index (χ1v) is 9.59. The van der Waals surface area contributed by atoms with Gasteiger partial charge in [0.2, 0.25) is 0 Å². The number of H-pyrrole nitrogens is 1. The lowest BCUT2D eigenvalue weighted by atomic mass is 9.84. The van der Waals surface area contributed by atoms with Gasteiger partial charge in [-0.15, -0.1) is 0 Å². The molecule has 1 amide bonds. The summed E-state index contributed by atoms with van der Waals surface area (Å²) in [5, 5.41) is 10.8. The molecule has 126 valence electrons. The molecule has 1 aromatic heterocycles. The number of carbonyl (C=O) groups is 1. The van der Waals surface area contributed by atoms with E-state index in [1.807, 2.05) is 0 Å². The minimum Gasteiger partial charge on any atom is -0.348 e. The first kappa shape index (κ1) is 15.2. The van der Waals surface area contributed by atoms with Gasteiger partial charge >= 0.3 is 0 Å². The van der Waals surface area contributed by atoms with E-state index in [1.165, 1.54) is 62.6 Å². The predicted molar refractivity (Wildman–Crippen MR) is 90.3 cm³/mol. The second-order valence-corrected chi connectivity index (χ2v) is 8.04. The third-order valence-corrected chi connectivity index (χ3v) is 6.57. The van der Waals surface area contributed by atoms with Gasteiger partial charge in [0.15, 0.2) is 5.69 Å². The normalized spacial score (nSPS) is 31.3. The molecule has 4 nitrogen and oxygen atoms in total. The molecule has 3 aliphatic rings. The fraction of sp³-hybridized carbons (Fsp3) is 0.789. The number of nitrogens with zero attached hydrogens (tertiary/aromatic N) is 1. The molecular formula is C19H29N3O. The highest BCUT2D eigenvalue weighted by molar-refractivity contribution is 5.94. The highest BCUT2D eigenvalue weighted by Crippen LogP contribution is 2.49. The Morgan fingerprint density at radius 1 is 1.17 bits per heavy atom. The minimum atomic E-state index is 0.0401. The molecule has 0 saturated heterocycles. The molecule has 23 heavy (non-hydrogen) atoms. The van der Waals surface area contributed by atoms with E-state index in [2.05, 4.69) is 22.4 Å². The Hall–Kier alpha value is -1.32. The van der Waals surface area contributed by atoms with Crippen LogP contribution in [0, 0.1) is 17.8 Å². The second kappa shape index (κ2) is 6.29. The van der Waals surface area contributed by atoms with Gasteiger partial charge in [-0.05, 0) is 69.6 Å². The van der Waals surface area contributed by atoms with Crippen LogP contribution in [0.15, 0.2) is 0 Å². The van der Waals surface area contributed by atoms with Crippen molar-refractivity contribution < 1.29 is 4.79 Å². The summed E-state index contributed by atoms with van der Waals surface area (Å²) in [6, 6.07) is 0.277. The van der Waals surface area contributed by atoms with E-state index in [1.54, 1.807) is 0 Å². The molecule has 1 aromatic rings. The van der Waals surface area contributed by atoms with Crippen LogP contribution in [0.1, 0.15) is 80.0 Å². The molecule has 2 N–H and O–H groups in total. The van der Waals surface area contributed by atoms with Crippen molar-refractivity contribution >= 4 is 5.91 Å². The van der Waals surface area contributed by atoms with Crippen LogP contribution in [-0.4, -0.2) is 22.1 Å². The van der Waals surface area contributed by atoms with Crippen LogP contribution in [0.4, 0.5) is 0 Å². The van der Waals surface area contributed by atoms with Crippen LogP contribution in [0.25, 0.3) is 0 Å². The highest BCUT2D eigenvalue weighted by Gasteiger charge is 2.42. The zero-order valence-corrected chi connectivity index (χ0v) is 14.2. The molecule has 0 aliphatic heterocycles. The Morgan fingerprint density at radius 3 is 2.74 bits per heavy atom. The van der Waals surface area contributed by atoms with Crippen molar-refractivity contribution in [2.75, 3.05) is 0 Å². The topological polar surface area (TPSA) is 57.8 Å². The van der Waals surface area contributed by atoms with Crippen LogP contribution in [0.3, 0.4) is 0 Å². The van der Waals surface area contributed by atoms with Crippen molar-refractivity contribution in [3.05, 3.63) is 17.0 Å². The lowest BCUT2D eigenvalue weighted by Crippen LogP contribution is -2.40. The molecule has 0 radical (unpaired) electrons.